The van der Waals surface area contributed by atoms with Crippen LogP contribution in [0.2, 0.25) is 0 Å². The fourth-order valence-electron chi connectivity index (χ4n) is 2.76. The normalized spacial score (nSPS) is 24.1. The van der Waals surface area contributed by atoms with Gasteiger partial charge in [0.2, 0.25) is 10.0 Å². The van der Waals surface area contributed by atoms with Crippen molar-refractivity contribution in [3.8, 4) is 0 Å². The maximum Gasteiger partial charge on any atom is 0.243 e. The monoisotopic (exact) mass is 312 g/mol. The Balaban J connectivity index is 2.34. The van der Waals surface area contributed by atoms with E-state index in [-0.39, 0.29) is 0 Å². The molecule has 1 aliphatic heterocycles. The Morgan fingerprint density at radius 1 is 1.38 bits per heavy atom. The molecule has 0 spiro atoms. The van der Waals surface area contributed by atoms with Crippen molar-refractivity contribution >= 4 is 10.0 Å². The van der Waals surface area contributed by atoms with Crippen LogP contribution in [0.5, 0.6) is 0 Å². The summed E-state index contributed by atoms with van der Waals surface area (Å²) in [6.07, 6.45) is 1.70. The third kappa shape index (κ3) is 3.45. The van der Waals surface area contributed by atoms with Crippen LogP contribution in [0, 0.1) is 0 Å². The number of nitrogens with zero attached hydrogens (tertiary/aromatic N) is 1. The summed E-state index contributed by atoms with van der Waals surface area (Å²) in [5.41, 5.74) is 0.396. The van der Waals surface area contributed by atoms with Crippen molar-refractivity contribution in [2.24, 2.45) is 0 Å². The van der Waals surface area contributed by atoms with Crippen molar-refractivity contribution in [3.63, 3.8) is 0 Å². The number of sulfonamides is 1. The summed E-state index contributed by atoms with van der Waals surface area (Å²) in [5, 5.41) is 3.02. The highest BCUT2D eigenvalue weighted by atomic mass is 32.2. The molecule has 0 amide bonds. The topological polar surface area (TPSA) is 58.6 Å². The Kier molecular flexibility index (Phi) is 5.03. The van der Waals surface area contributed by atoms with Crippen molar-refractivity contribution in [1.82, 2.24) is 9.62 Å². The first-order valence-corrected chi connectivity index (χ1v) is 8.65. The van der Waals surface area contributed by atoms with Gasteiger partial charge >= 0.3 is 0 Å². The lowest BCUT2D eigenvalue weighted by molar-refractivity contribution is -0.0319. The molecule has 1 unspecified atom stereocenters. The molecule has 118 valence electrons. The maximum atomic E-state index is 12.9. The average molecular weight is 312 g/mol. The molecule has 21 heavy (non-hydrogen) atoms. The molecular formula is C15H24N2O3S. The van der Waals surface area contributed by atoms with Gasteiger partial charge in [0.1, 0.15) is 0 Å². The second kappa shape index (κ2) is 6.44. The zero-order valence-corrected chi connectivity index (χ0v) is 13.7. The number of methoxy groups -OCH3 is 1. The van der Waals surface area contributed by atoms with Crippen LogP contribution < -0.4 is 5.32 Å². The molecule has 1 aliphatic rings. The second-order valence-electron chi connectivity index (χ2n) is 5.73. The first kappa shape index (κ1) is 16.4. The van der Waals surface area contributed by atoms with Crippen LogP contribution in [0.15, 0.2) is 29.2 Å². The van der Waals surface area contributed by atoms with Crippen molar-refractivity contribution in [1.29, 1.82) is 0 Å². The van der Waals surface area contributed by atoms with Crippen LogP contribution in [0.25, 0.3) is 0 Å². The molecular weight excluding hydrogens is 288 g/mol. The summed E-state index contributed by atoms with van der Waals surface area (Å²) in [5.74, 6) is 0. The highest BCUT2D eigenvalue weighted by Gasteiger charge is 2.37. The number of nitrogens with one attached hydrogen (secondary N) is 1. The minimum atomic E-state index is -3.48. The number of hydrogen-bond acceptors (Lipinski definition) is 4. The predicted octanol–water partition coefficient (Wildman–Crippen LogP) is 1.60. The molecule has 5 nitrogen and oxygen atoms in total. The summed E-state index contributed by atoms with van der Waals surface area (Å²) in [4.78, 5) is 0.389. The van der Waals surface area contributed by atoms with Crippen molar-refractivity contribution in [2.75, 3.05) is 27.2 Å². The third-order valence-corrected chi connectivity index (χ3v) is 6.02. The smallest absolute Gasteiger partial charge is 0.243 e. The molecule has 0 radical (unpaired) electrons. The number of hydrogen-bond donors (Lipinski definition) is 1. The summed E-state index contributed by atoms with van der Waals surface area (Å²) in [7, 11) is -0.0270. The second-order valence-corrected chi connectivity index (χ2v) is 7.64. The van der Waals surface area contributed by atoms with Crippen LogP contribution >= 0.6 is 0 Å². The summed E-state index contributed by atoms with van der Waals surface area (Å²) in [6.45, 7) is 3.45. The molecule has 6 heteroatoms. The van der Waals surface area contributed by atoms with Gasteiger partial charge in [-0.25, -0.2) is 8.42 Å². The molecule has 1 heterocycles. The quantitative estimate of drug-likeness (QED) is 0.897. The number of benzene rings is 1. The van der Waals surface area contributed by atoms with Gasteiger partial charge < -0.3 is 10.1 Å². The lowest BCUT2D eigenvalue weighted by atomic mass is 9.96. The van der Waals surface area contributed by atoms with Crippen molar-refractivity contribution in [2.45, 2.75) is 36.8 Å². The maximum absolute atomic E-state index is 12.9. The molecule has 0 aromatic heterocycles. The Morgan fingerprint density at radius 2 is 2.10 bits per heavy atom. The van der Waals surface area contributed by atoms with Gasteiger partial charge in [0.25, 0.3) is 0 Å². The van der Waals surface area contributed by atoms with Gasteiger partial charge in [-0.1, -0.05) is 18.2 Å². The first-order valence-electron chi connectivity index (χ1n) is 7.21. The summed E-state index contributed by atoms with van der Waals surface area (Å²) in [6, 6.07) is 7.16. The van der Waals surface area contributed by atoms with E-state index in [1.54, 1.807) is 23.5 Å². The molecule has 1 aromatic carbocycles. The van der Waals surface area contributed by atoms with Gasteiger partial charge in [0.15, 0.2) is 0 Å². The lowest BCUT2D eigenvalue weighted by Crippen LogP contribution is -2.49. The standard InChI is InChI=1S/C15H24N2O3S/c1-15(20-3)9-6-10-17(12-15)21(18,19)14-8-5-4-7-13(14)11-16-2/h4-5,7-8,16H,6,9-12H2,1-3H3. The summed E-state index contributed by atoms with van der Waals surface area (Å²) >= 11 is 0. The average Bonchev–Trinajstić information content (AvgIpc) is 2.48. The molecule has 1 fully saturated rings. The third-order valence-electron chi connectivity index (χ3n) is 4.07. The fraction of sp³-hybridized carbons (Fsp3) is 0.600. The zero-order chi connectivity index (χ0) is 15.5. The van der Waals surface area contributed by atoms with Gasteiger partial charge in [0, 0.05) is 26.7 Å². The fourth-order valence-corrected chi connectivity index (χ4v) is 4.58. The van der Waals surface area contributed by atoms with Crippen LogP contribution in [0.3, 0.4) is 0 Å². The van der Waals surface area contributed by atoms with Gasteiger partial charge in [-0.2, -0.15) is 4.31 Å². The van der Waals surface area contributed by atoms with E-state index in [9.17, 15) is 8.42 Å². The Hall–Kier alpha value is -0.950. The van der Waals surface area contributed by atoms with Gasteiger partial charge in [-0.05, 0) is 38.4 Å². The van der Waals surface area contributed by atoms with Crippen LogP contribution in [-0.2, 0) is 21.3 Å². The molecule has 0 saturated carbocycles. The first-order chi connectivity index (χ1) is 9.93. The minimum Gasteiger partial charge on any atom is -0.377 e. The number of rotatable bonds is 5. The van der Waals surface area contributed by atoms with Gasteiger partial charge in [-0.15, -0.1) is 0 Å². The van der Waals surface area contributed by atoms with Crippen LogP contribution in [0.1, 0.15) is 25.3 Å². The van der Waals surface area contributed by atoms with Crippen LogP contribution in [-0.4, -0.2) is 45.6 Å². The van der Waals surface area contributed by atoms with E-state index in [2.05, 4.69) is 5.32 Å². The Labute approximate surface area is 127 Å². The van der Waals surface area contributed by atoms with Gasteiger partial charge in [-0.3, -0.25) is 0 Å². The van der Waals surface area contributed by atoms with E-state index < -0.39 is 15.6 Å². The molecule has 1 aromatic rings. The van der Waals surface area contributed by atoms with E-state index in [4.69, 9.17) is 4.74 Å². The molecule has 1 saturated heterocycles. The highest BCUT2D eigenvalue weighted by molar-refractivity contribution is 7.89. The Bertz CT molecular complexity index is 588. The molecule has 0 aliphatic carbocycles. The van der Waals surface area contributed by atoms with Crippen molar-refractivity contribution in [3.05, 3.63) is 29.8 Å². The van der Waals surface area contributed by atoms with Crippen LogP contribution in [0.4, 0.5) is 0 Å². The molecule has 1 N–H and O–H groups in total. The van der Waals surface area contributed by atoms with Crippen molar-refractivity contribution < 1.29 is 13.2 Å². The van der Waals surface area contributed by atoms with E-state index >= 15 is 0 Å². The van der Waals surface area contributed by atoms with E-state index in [1.807, 2.05) is 26.1 Å². The lowest BCUT2D eigenvalue weighted by Gasteiger charge is -2.38. The predicted molar refractivity (Wildman–Crippen MR) is 82.6 cm³/mol. The minimum absolute atomic E-state index is 0.389. The molecule has 1 atom stereocenters. The number of piperidine rings is 1. The largest absolute Gasteiger partial charge is 0.377 e. The number of ether oxygens (including phenoxy) is 1. The van der Waals surface area contributed by atoms with E-state index in [1.165, 1.54) is 0 Å². The summed E-state index contributed by atoms with van der Waals surface area (Å²) < 4.78 is 32.9. The zero-order valence-electron chi connectivity index (χ0n) is 12.9. The molecule has 2 rings (SSSR count). The van der Waals surface area contributed by atoms with E-state index in [0.717, 1.165) is 18.4 Å². The Morgan fingerprint density at radius 3 is 2.76 bits per heavy atom. The van der Waals surface area contributed by atoms with E-state index in [0.29, 0.717) is 24.5 Å². The SMILES string of the molecule is CNCc1ccccc1S(=O)(=O)N1CCCC(C)(OC)C1. The highest BCUT2D eigenvalue weighted by Crippen LogP contribution is 2.29. The van der Waals surface area contributed by atoms with Gasteiger partial charge in [0.05, 0.1) is 10.5 Å². The molecule has 0 bridgehead atoms.